The molecule has 0 saturated carbocycles. The Morgan fingerprint density at radius 2 is 1.44 bits per heavy atom. The molecule has 0 N–H and O–H groups in total. The third-order valence-corrected chi connectivity index (χ3v) is 5.98. The summed E-state index contributed by atoms with van der Waals surface area (Å²) in [7, 11) is 0. The fourth-order valence-corrected chi connectivity index (χ4v) is 2.89. The summed E-state index contributed by atoms with van der Waals surface area (Å²) in [6.45, 7) is 0. The van der Waals surface area contributed by atoms with Crippen molar-refractivity contribution >= 4 is 0 Å². The first-order chi connectivity index (χ1) is 4.13. The van der Waals surface area contributed by atoms with E-state index in [1.54, 1.807) is 0 Å². The molecule has 0 aliphatic heterocycles. The monoisotopic (exact) mass is 322 g/mol. The van der Waals surface area contributed by atoms with Crippen LogP contribution in [0.3, 0.4) is 0 Å². The first-order valence-corrected chi connectivity index (χ1v) is 10.1. The molecule has 0 radical (unpaired) electrons. The van der Waals surface area contributed by atoms with Gasteiger partial charge in [0, 0.05) is 0 Å². The van der Waals surface area contributed by atoms with Crippen LogP contribution in [0.15, 0.2) is 0 Å². The van der Waals surface area contributed by atoms with Crippen molar-refractivity contribution in [1.29, 1.82) is 0 Å². The fourth-order valence-electron chi connectivity index (χ4n) is 0.329. The standard InChI is InChI=1S/2CH2NO2.Hg/c2*1-2(3)4;/h2*1H2;. The molecule has 0 heterocycles. The van der Waals surface area contributed by atoms with Gasteiger partial charge < -0.3 is 0 Å². The summed E-state index contributed by atoms with van der Waals surface area (Å²) in [5.74, 6) is 0. The zero-order chi connectivity index (χ0) is 7.28. The molecule has 0 fully saturated rings. The molecule has 0 amide bonds. The van der Waals surface area contributed by atoms with Crippen LogP contribution in [0.2, 0.25) is 0 Å². The fraction of sp³-hybridized carbons (Fsp3) is 1.00. The quantitative estimate of drug-likeness (QED) is 0.398. The van der Waals surface area contributed by atoms with Crippen molar-refractivity contribution in [3.63, 3.8) is 0 Å². The molecule has 0 unspecified atom stereocenters. The molecular weight excluding hydrogens is 317 g/mol. The van der Waals surface area contributed by atoms with Gasteiger partial charge >= 0.3 is 62.8 Å². The Kier molecular flexibility index (Phi) is 4.46. The van der Waals surface area contributed by atoms with Gasteiger partial charge in [0.15, 0.2) is 0 Å². The number of hydrogen-bond acceptors (Lipinski definition) is 4. The second-order valence-electron chi connectivity index (χ2n) is 1.47. The Bertz CT molecular complexity index is 112. The van der Waals surface area contributed by atoms with Crippen LogP contribution in [0, 0.1) is 20.2 Å². The summed E-state index contributed by atoms with van der Waals surface area (Å²) in [6, 6.07) is 0. The number of nitrogens with zero attached hydrogens (tertiary/aromatic N) is 2. The molecule has 0 rings (SSSR count). The second kappa shape index (κ2) is 4.60. The Hall–Kier alpha value is -0.265. The van der Waals surface area contributed by atoms with Crippen molar-refractivity contribution in [3.05, 3.63) is 20.2 Å². The van der Waals surface area contributed by atoms with Gasteiger partial charge in [0.2, 0.25) is 0 Å². The van der Waals surface area contributed by atoms with Crippen LogP contribution in [-0.4, -0.2) is 18.0 Å². The van der Waals surface area contributed by atoms with E-state index in [-0.39, 0.29) is 8.11 Å². The van der Waals surface area contributed by atoms with Crippen molar-refractivity contribution < 1.29 is 34.4 Å². The summed E-state index contributed by atoms with van der Waals surface area (Å²) >= 11 is -1.74. The summed E-state index contributed by atoms with van der Waals surface area (Å²) in [5, 5.41) is 19.2. The molecule has 0 aromatic rings. The predicted molar refractivity (Wildman–Crippen MR) is 23.7 cm³/mol. The number of nitro groups is 2. The van der Waals surface area contributed by atoms with Crippen molar-refractivity contribution in [2.75, 3.05) is 8.11 Å². The van der Waals surface area contributed by atoms with Crippen LogP contribution >= 0.6 is 0 Å². The third kappa shape index (κ3) is 7.74. The van der Waals surface area contributed by atoms with E-state index in [2.05, 4.69) is 0 Å². The molecule has 0 spiro atoms. The van der Waals surface area contributed by atoms with Crippen LogP contribution in [0.25, 0.3) is 0 Å². The number of rotatable bonds is 4. The van der Waals surface area contributed by atoms with Gasteiger partial charge in [-0.1, -0.05) is 0 Å². The zero-order valence-corrected chi connectivity index (χ0v) is 10.1. The van der Waals surface area contributed by atoms with Crippen LogP contribution < -0.4 is 0 Å². The SMILES string of the molecule is O=[N+]([O-])[CH2][Hg][CH2][N+](=O)[O-]. The average molecular weight is 321 g/mol. The minimum atomic E-state index is -1.74. The molecule has 48 valence electrons. The van der Waals surface area contributed by atoms with Gasteiger partial charge in [-0.05, 0) is 0 Å². The molecular formula is C2H4HgN2O4. The van der Waals surface area contributed by atoms with Crippen LogP contribution in [0.4, 0.5) is 0 Å². The Balaban J connectivity index is 3.10. The molecule has 0 aliphatic rings. The summed E-state index contributed by atoms with van der Waals surface area (Å²) in [5.41, 5.74) is 0. The van der Waals surface area contributed by atoms with Crippen LogP contribution in [0.5, 0.6) is 0 Å². The normalized spacial score (nSPS) is 8.00. The van der Waals surface area contributed by atoms with E-state index in [4.69, 9.17) is 0 Å². The molecule has 6 nitrogen and oxygen atoms in total. The van der Waals surface area contributed by atoms with Crippen molar-refractivity contribution in [1.82, 2.24) is 0 Å². The predicted octanol–water partition coefficient (Wildman–Crippen LogP) is -0.463. The van der Waals surface area contributed by atoms with E-state index < -0.39 is 34.4 Å². The van der Waals surface area contributed by atoms with Crippen LogP contribution in [-0.2, 0) is 24.6 Å². The first kappa shape index (κ1) is 8.74. The molecule has 0 saturated heterocycles. The van der Waals surface area contributed by atoms with Gasteiger partial charge in [-0.25, -0.2) is 0 Å². The molecule has 7 heteroatoms. The maximum atomic E-state index is 9.62. The van der Waals surface area contributed by atoms with Gasteiger partial charge in [0.1, 0.15) is 0 Å². The van der Waals surface area contributed by atoms with Crippen molar-refractivity contribution in [2.45, 2.75) is 0 Å². The van der Waals surface area contributed by atoms with Crippen molar-refractivity contribution in [2.24, 2.45) is 0 Å². The maximum absolute atomic E-state index is 9.62. The molecule has 0 aliphatic carbocycles. The van der Waals surface area contributed by atoms with E-state index in [9.17, 15) is 20.2 Å². The summed E-state index contributed by atoms with van der Waals surface area (Å²) in [6.07, 6.45) is 0. The van der Waals surface area contributed by atoms with Gasteiger partial charge in [-0.2, -0.15) is 0 Å². The molecule has 0 aromatic carbocycles. The second-order valence-corrected chi connectivity index (χ2v) is 7.69. The Morgan fingerprint density at radius 1 is 1.11 bits per heavy atom. The van der Waals surface area contributed by atoms with Gasteiger partial charge in [0.05, 0.1) is 0 Å². The van der Waals surface area contributed by atoms with E-state index in [1.165, 1.54) is 0 Å². The van der Waals surface area contributed by atoms with E-state index in [0.29, 0.717) is 0 Å². The van der Waals surface area contributed by atoms with Gasteiger partial charge in [0.25, 0.3) is 0 Å². The molecule has 0 bridgehead atoms. The first-order valence-electron chi connectivity index (χ1n) is 2.36. The van der Waals surface area contributed by atoms with Crippen molar-refractivity contribution in [3.8, 4) is 0 Å². The summed E-state index contributed by atoms with van der Waals surface area (Å²) < 4.78 is -0.192. The number of hydrogen-bond donors (Lipinski definition) is 0. The zero-order valence-electron chi connectivity index (χ0n) is 4.65. The average Bonchev–Trinajstić information content (AvgIpc) is 1.63. The molecule has 0 atom stereocenters. The third-order valence-electron chi connectivity index (χ3n) is 0.681. The topological polar surface area (TPSA) is 86.3 Å². The molecule has 0 aromatic heterocycles. The Morgan fingerprint density at radius 3 is 1.67 bits per heavy atom. The van der Waals surface area contributed by atoms with E-state index >= 15 is 0 Å². The summed E-state index contributed by atoms with van der Waals surface area (Å²) in [4.78, 5) is 18.3. The van der Waals surface area contributed by atoms with E-state index in [1.807, 2.05) is 0 Å². The Labute approximate surface area is 63.0 Å². The molecule has 9 heavy (non-hydrogen) atoms. The van der Waals surface area contributed by atoms with Gasteiger partial charge in [-0.3, -0.25) is 0 Å². The van der Waals surface area contributed by atoms with Gasteiger partial charge in [-0.15, -0.1) is 0 Å². The van der Waals surface area contributed by atoms with Crippen LogP contribution in [0.1, 0.15) is 0 Å². The minimum absolute atomic E-state index is 0.0962. The van der Waals surface area contributed by atoms with E-state index in [0.717, 1.165) is 0 Å².